The number of hydrogen-bond donors (Lipinski definition) is 1. The molecule has 1 fully saturated rings. The van der Waals surface area contributed by atoms with Gasteiger partial charge in [-0.1, -0.05) is 18.2 Å². The second-order valence-corrected chi connectivity index (χ2v) is 4.92. The van der Waals surface area contributed by atoms with Crippen molar-refractivity contribution in [2.75, 3.05) is 25.1 Å². The summed E-state index contributed by atoms with van der Waals surface area (Å²) in [7, 11) is 1.39. The maximum absolute atomic E-state index is 11.6. The smallest absolute Gasteiger partial charge is 0.325 e. The number of esters is 1. The predicted octanol–water partition coefficient (Wildman–Crippen LogP) is 1.47. The number of carbonyl (C=O) groups is 1. The van der Waals surface area contributed by atoms with Gasteiger partial charge in [-0.2, -0.15) is 0 Å². The minimum Gasteiger partial charge on any atom is -0.468 e. The van der Waals surface area contributed by atoms with Crippen molar-refractivity contribution in [1.82, 2.24) is 0 Å². The van der Waals surface area contributed by atoms with Gasteiger partial charge in [-0.15, -0.1) is 0 Å². The molecule has 0 atom stereocenters. The maximum Gasteiger partial charge on any atom is 0.325 e. The SMILES string of the molecule is COC(=O)C1(N)CCN(c2ccccc2C)CC1. The number of methoxy groups -OCH3 is 1. The van der Waals surface area contributed by atoms with Gasteiger partial charge >= 0.3 is 5.97 Å². The van der Waals surface area contributed by atoms with Crippen LogP contribution in [0.1, 0.15) is 18.4 Å². The van der Waals surface area contributed by atoms with E-state index in [1.54, 1.807) is 0 Å². The first-order chi connectivity index (χ1) is 8.57. The van der Waals surface area contributed by atoms with Gasteiger partial charge in [0.25, 0.3) is 0 Å². The molecule has 1 aliphatic rings. The molecular weight excluding hydrogens is 228 g/mol. The molecule has 2 rings (SSSR count). The Morgan fingerprint density at radius 2 is 1.94 bits per heavy atom. The number of nitrogens with two attached hydrogens (primary N) is 1. The van der Waals surface area contributed by atoms with Crippen molar-refractivity contribution in [3.05, 3.63) is 29.8 Å². The molecule has 0 amide bonds. The van der Waals surface area contributed by atoms with Gasteiger partial charge in [0.15, 0.2) is 0 Å². The van der Waals surface area contributed by atoms with Gasteiger partial charge in [0.05, 0.1) is 7.11 Å². The molecule has 1 aromatic carbocycles. The average molecular weight is 248 g/mol. The van der Waals surface area contributed by atoms with E-state index in [1.807, 2.05) is 12.1 Å². The van der Waals surface area contributed by atoms with Crippen LogP contribution in [0.25, 0.3) is 0 Å². The van der Waals surface area contributed by atoms with E-state index in [0.29, 0.717) is 12.8 Å². The van der Waals surface area contributed by atoms with Crippen molar-refractivity contribution in [1.29, 1.82) is 0 Å². The molecule has 1 heterocycles. The van der Waals surface area contributed by atoms with E-state index in [2.05, 4.69) is 24.0 Å². The highest BCUT2D eigenvalue weighted by Gasteiger charge is 2.38. The molecule has 0 bridgehead atoms. The van der Waals surface area contributed by atoms with Crippen LogP contribution in [0.4, 0.5) is 5.69 Å². The summed E-state index contributed by atoms with van der Waals surface area (Å²) in [4.78, 5) is 13.9. The lowest BCUT2D eigenvalue weighted by Crippen LogP contribution is -2.56. The first kappa shape index (κ1) is 12.9. The van der Waals surface area contributed by atoms with Crippen LogP contribution in [0.15, 0.2) is 24.3 Å². The third-order valence-corrected chi connectivity index (χ3v) is 3.70. The Morgan fingerprint density at radius 3 is 2.50 bits per heavy atom. The first-order valence-electron chi connectivity index (χ1n) is 6.25. The molecule has 1 aromatic rings. The van der Waals surface area contributed by atoms with E-state index in [9.17, 15) is 4.79 Å². The summed E-state index contributed by atoms with van der Waals surface area (Å²) in [5.74, 6) is -0.299. The summed E-state index contributed by atoms with van der Waals surface area (Å²) in [6.07, 6.45) is 1.27. The molecule has 0 saturated carbocycles. The lowest BCUT2D eigenvalue weighted by Gasteiger charge is -2.38. The Morgan fingerprint density at radius 1 is 1.33 bits per heavy atom. The Labute approximate surface area is 108 Å². The number of para-hydroxylation sites is 1. The molecule has 1 aliphatic heterocycles. The van der Waals surface area contributed by atoms with E-state index in [1.165, 1.54) is 18.4 Å². The number of rotatable bonds is 2. The van der Waals surface area contributed by atoms with Crippen LogP contribution in [0, 0.1) is 6.92 Å². The average Bonchev–Trinajstić information content (AvgIpc) is 2.39. The molecule has 2 N–H and O–H groups in total. The summed E-state index contributed by atoms with van der Waals surface area (Å²) >= 11 is 0. The zero-order chi connectivity index (χ0) is 13.2. The van der Waals surface area contributed by atoms with Crippen LogP contribution < -0.4 is 10.6 Å². The van der Waals surface area contributed by atoms with Crippen molar-refractivity contribution >= 4 is 11.7 Å². The molecule has 0 aromatic heterocycles. The normalized spacial score (nSPS) is 18.5. The number of anilines is 1. The summed E-state index contributed by atoms with van der Waals surface area (Å²) in [5.41, 5.74) is 7.76. The topological polar surface area (TPSA) is 55.6 Å². The van der Waals surface area contributed by atoms with E-state index < -0.39 is 5.54 Å². The van der Waals surface area contributed by atoms with Crippen molar-refractivity contribution in [2.24, 2.45) is 5.73 Å². The van der Waals surface area contributed by atoms with Crippen molar-refractivity contribution in [3.8, 4) is 0 Å². The minimum absolute atomic E-state index is 0.299. The monoisotopic (exact) mass is 248 g/mol. The van der Waals surface area contributed by atoms with Gasteiger partial charge in [-0.25, -0.2) is 0 Å². The number of carbonyl (C=O) groups excluding carboxylic acids is 1. The number of benzene rings is 1. The fraction of sp³-hybridized carbons (Fsp3) is 0.500. The number of piperidine rings is 1. The quantitative estimate of drug-likeness (QED) is 0.805. The predicted molar refractivity (Wildman–Crippen MR) is 71.6 cm³/mol. The lowest BCUT2D eigenvalue weighted by molar-refractivity contribution is -0.147. The highest BCUT2D eigenvalue weighted by molar-refractivity contribution is 5.81. The largest absolute Gasteiger partial charge is 0.468 e. The second-order valence-electron chi connectivity index (χ2n) is 4.92. The lowest BCUT2D eigenvalue weighted by atomic mass is 9.88. The van der Waals surface area contributed by atoms with Gasteiger partial charge in [0.2, 0.25) is 0 Å². The standard InChI is InChI=1S/C14H20N2O2/c1-11-5-3-4-6-12(11)16-9-7-14(15,8-10-16)13(17)18-2/h3-6H,7-10,15H2,1-2H3. The van der Waals surface area contributed by atoms with Crippen molar-refractivity contribution in [3.63, 3.8) is 0 Å². The summed E-state index contributed by atoms with van der Waals surface area (Å²) < 4.78 is 4.77. The maximum atomic E-state index is 11.6. The third kappa shape index (κ3) is 2.34. The van der Waals surface area contributed by atoms with E-state index in [-0.39, 0.29) is 5.97 Å². The van der Waals surface area contributed by atoms with Gasteiger partial charge in [-0.3, -0.25) is 4.79 Å². The summed E-state index contributed by atoms with van der Waals surface area (Å²) in [6, 6.07) is 8.27. The molecule has 4 heteroatoms. The Hall–Kier alpha value is -1.55. The van der Waals surface area contributed by atoms with Gasteiger partial charge in [0.1, 0.15) is 5.54 Å². The molecule has 0 aliphatic carbocycles. The van der Waals surface area contributed by atoms with E-state index in [4.69, 9.17) is 10.5 Å². The Bertz CT molecular complexity index is 437. The molecule has 0 spiro atoms. The number of hydrogen-bond acceptors (Lipinski definition) is 4. The van der Waals surface area contributed by atoms with Crippen LogP contribution in [0.3, 0.4) is 0 Å². The van der Waals surface area contributed by atoms with Crippen LogP contribution in [-0.4, -0.2) is 31.7 Å². The third-order valence-electron chi connectivity index (χ3n) is 3.70. The zero-order valence-corrected chi connectivity index (χ0v) is 11.0. The molecular formula is C14H20N2O2. The van der Waals surface area contributed by atoms with Gasteiger partial charge in [0, 0.05) is 18.8 Å². The van der Waals surface area contributed by atoms with Crippen LogP contribution in [-0.2, 0) is 9.53 Å². The number of ether oxygens (including phenoxy) is 1. The number of aryl methyl sites for hydroxylation is 1. The second kappa shape index (κ2) is 4.98. The molecule has 98 valence electrons. The molecule has 18 heavy (non-hydrogen) atoms. The fourth-order valence-electron chi connectivity index (χ4n) is 2.47. The molecule has 0 unspecified atom stereocenters. The first-order valence-corrected chi connectivity index (χ1v) is 6.25. The van der Waals surface area contributed by atoms with E-state index >= 15 is 0 Å². The summed E-state index contributed by atoms with van der Waals surface area (Å²) in [5, 5.41) is 0. The zero-order valence-electron chi connectivity index (χ0n) is 11.0. The fourth-order valence-corrected chi connectivity index (χ4v) is 2.47. The Balaban J connectivity index is 2.07. The minimum atomic E-state index is -0.812. The van der Waals surface area contributed by atoms with E-state index in [0.717, 1.165) is 13.1 Å². The van der Waals surface area contributed by atoms with Crippen LogP contribution in [0.5, 0.6) is 0 Å². The molecule has 0 radical (unpaired) electrons. The van der Waals surface area contributed by atoms with Gasteiger partial charge < -0.3 is 15.4 Å². The summed E-state index contributed by atoms with van der Waals surface area (Å²) in [6.45, 7) is 3.67. The molecule has 1 saturated heterocycles. The highest BCUT2D eigenvalue weighted by atomic mass is 16.5. The number of nitrogens with zero attached hydrogens (tertiary/aromatic N) is 1. The molecule has 4 nitrogen and oxygen atoms in total. The van der Waals surface area contributed by atoms with Crippen LogP contribution >= 0.6 is 0 Å². The highest BCUT2D eigenvalue weighted by Crippen LogP contribution is 2.27. The van der Waals surface area contributed by atoms with Crippen molar-refractivity contribution < 1.29 is 9.53 Å². The van der Waals surface area contributed by atoms with Gasteiger partial charge in [-0.05, 0) is 31.4 Å². The Kier molecular flexibility index (Phi) is 3.57. The van der Waals surface area contributed by atoms with Crippen LogP contribution in [0.2, 0.25) is 0 Å². The van der Waals surface area contributed by atoms with Crippen molar-refractivity contribution in [2.45, 2.75) is 25.3 Å².